The van der Waals surface area contributed by atoms with Gasteiger partial charge in [0.15, 0.2) is 0 Å². The first kappa shape index (κ1) is 8.75. The van der Waals surface area contributed by atoms with E-state index in [0.29, 0.717) is 5.69 Å². The first-order valence-corrected chi connectivity index (χ1v) is 4.91. The maximum Gasteiger partial charge on any atom is 0.270 e. The topological polar surface area (TPSA) is 34.9 Å². The van der Waals surface area contributed by atoms with Crippen LogP contribution in [0, 0.1) is 0 Å². The molecule has 0 radical (unpaired) electrons. The summed E-state index contributed by atoms with van der Waals surface area (Å²) in [5.74, 6) is 1.00. The molecule has 4 heteroatoms. The molecule has 2 rings (SSSR count). The number of carbonyl (C=O) groups excluding carboxylic acids is 1. The second kappa shape index (κ2) is 3.50. The average Bonchev–Trinajstić information content (AvgIpc) is 2.36. The monoisotopic (exact) mass is 198 g/mol. The first-order valence-electron chi connectivity index (χ1n) is 4.53. The van der Waals surface area contributed by atoms with E-state index in [2.05, 4.69) is 4.98 Å². The van der Waals surface area contributed by atoms with Crippen LogP contribution in [-0.4, -0.2) is 14.8 Å². The Hall–Kier alpha value is -0.830. The summed E-state index contributed by atoms with van der Waals surface area (Å²) in [7, 11) is 0. The van der Waals surface area contributed by atoms with Gasteiger partial charge >= 0.3 is 0 Å². The summed E-state index contributed by atoms with van der Waals surface area (Å²) in [6.45, 7) is 0.878. The van der Waals surface area contributed by atoms with Crippen LogP contribution < -0.4 is 0 Å². The summed E-state index contributed by atoms with van der Waals surface area (Å²) in [6, 6.07) is 0. The smallest absolute Gasteiger partial charge is 0.270 e. The lowest BCUT2D eigenvalue weighted by molar-refractivity contribution is 0.107. The van der Waals surface area contributed by atoms with Crippen LogP contribution in [0.3, 0.4) is 0 Å². The highest BCUT2D eigenvalue weighted by molar-refractivity contribution is 6.67. The third kappa shape index (κ3) is 1.61. The van der Waals surface area contributed by atoms with Gasteiger partial charge in [-0.1, -0.05) is 6.42 Å². The number of hydrogen-bond acceptors (Lipinski definition) is 2. The minimum atomic E-state index is -0.402. The first-order chi connectivity index (χ1) is 6.29. The molecule has 0 fully saturated rings. The van der Waals surface area contributed by atoms with Gasteiger partial charge in [0, 0.05) is 13.0 Å². The van der Waals surface area contributed by atoms with E-state index in [1.807, 2.05) is 4.57 Å². The highest BCUT2D eigenvalue weighted by atomic mass is 35.5. The fraction of sp³-hybridized carbons (Fsp3) is 0.556. The van der Waals surface area contributed by atoms with E-state index in [1.54, 1.807) is 6.20 Å². The van der Waals surface area contributed by atoms with Crippen molar-refractivity contribution in [1.29, 1.82) is 0 Å². The molecule has 0 atom stereocenters. The molecular weight excluding hydrogens is 188 g/mol. The molecule has 0 saturated heterocycles. The number of nitrogens with zero attached hydrogens (tertiary/aromatic N) is 2. The molecule has 0 amide bonds. The van der Waals surface area contributed by atoms with Gasteiger partial charge in [0.1, 0.15) is 11.5 Å². The molecule has 13 heavy (non-hydrogen) atoms. The number of aromatic nitrogens is 2. The molecule has 0 saturated carbocycles. The SMILES string of the molecule is O=C(Cl)c1cnc2n1CCCCC2. The quantitative estimate of drug-likeness (QED) is 0.647. The molecule has 1 aliphatic heterocycles. The van der Waals surface area contributed by atoms with E-state index in [-0.39, 0.29) is 0 Å². The molecule has 0 aliphatic carbocycles. The number of aryl methyl sites for hydroxylation is 1. The van der Waals surface area contributed by atoms with Gasteiger partial charge in [0.25, 0.3) is 5.24 Å². The average molecular weight is 199 g/mol. The van der Waals surface area contributed by atoms with Crippen molar-refractivity contribution in [2.24, 2.45) is 0 Å². The van der Waals surface area contributed by atoms with Crippen molar-refractivity contribution in [3.63, 3.8) is 0 Å². The number of rotatable bonds is 1. The van der Waals surface area contributed by atoms with Gasteiger partial charge in [-0.25, -0.2) is 4.98 Å². The molecule has 0 N–H and O–H groups in total. The summed E-state index contributed by atoms with van der Waals surface area (Å²) in [5.41, 5.74) is 0.540. The van der Waals surface area contributed by atoms with Crippen molar-refractivity contribution in [2.45, 2.75) is 32.2 Å². The van der Waals surface area contributed by atoms with Gasteiger partial charge in [-0.05, 0) is 24.4 Å². The molecule has 0 bridgehead atoms. The standard InChI is InChI=1S/C9H11ClN2O/c10-9(13)7-6-11-8-4-2-1-3-5-12(7)8/h6H,1-5H2. The lowest BCUT2D eigenvalue weighted by Crippen LogP contribution is -2.07. The Balaban J connectivity index is 2.39. The van der Waals surface area contributed by atoms with Gasteiger partial charge in [-0.15, -0.1) is 0 Å². The van der Waals surface area contributed by atoms with Gasteiger partial charge in [0.2, 0.25) is 0 Å². The Morgan fingerprint density at radius 3 is 3.08 bits per heavy atom. The molecule has 70 valence electrons. The molecule has 0 spiro atoms. The Labute approximate surface area is 81.7 Å². The third-order valence-corrected chi connectivity index (χ3v) is 2.62. The molecule has 0 aromatic carbocycles. The molecule has 3 nitrogen and oxygen atoms in total. The van der Waals surface area contributed by atoms with Crippen molar-refractivity contribution in [3.8, 4) is 0 Å². The van der Waals surface area contributed by atoms with Crippen LogP contribution in [0.1, 0.15) is 35.6 Å². The lowest BCUT2D eigenvalue weighted by atomic mass is 10.2. The van der Waals surface area contributed by atoms with Gasteiger partial charge in [-0.3, -0.25) is 4.79 Å². The van der Waals surface area contributed by atoms with Gasteiger partial charge in [0.05, 0.1) is 6.20 Å². The van der Waals surface area contributed by atoms with E-state index in [0.717, 1.165) is 31.6 Å². The summed E-state index contributed by atoms with van der Waals surface area (Å²) >= 11 is 5.44. The Morgan fingerprint density at radius 2 is 2.31 bits per heavy atom. The van der Waals surface area contributed by atoms with E-state index in [9.17, 15) is 4.79 Å². The van der Waals surface area contributed by atoms with Crippen molar-refractivity contribution in [1.82, 2.24) is 9.55 Å². The van der Waals surface area contributed by atoms with Crippen molar-refractivity contribution >= 4 is 16.8 Å². The minimum absolute atomic E-state index is 0.402. The van der Waals surface area contributed by atoms with Gasteiger partial charge in [-0.2, -0.15) is 0 Å². The Morgan fingerprint density at radius 1 is 1.46 bits per heavy atom. The number of hydrogen-bond donors (Lipinski definition) is 0. The van der Waals surface area contributed by atoms with Crippen LogP contribution in [0.15, 0.2) is 6.20 Å². The summed E-state index contributed by atoms with van der Waals surface area (Å²) in [5, 5.41) is -0.402. The van der Waals surface area contributed by atoms with Crippen LogP contribution in [0.4, 0.5) is 0 Å². The number of halogens is 1. The summed E-state index contributed by atoms with van der Waals surface area (Å²) in [4.78, 5) is 15.2. The minimum Gasteiger partial charge on any atom is -0.325 e. The van der Waals surface area contributed by atoms with E-state index < -0.39 is 5.24 Å². The van der Waals surface area contributed by atoms with E-state index in [1.165, 1.54) is 6.42 Å². The van der Waals surface area contributed by atoms with Crippen LogP contribution >= 0.6 is 11.6 Å². The normalized spacial score (nSPS) is 16.4. The summed E-state index contributed by atoms with van der Waals surface area (Å²) < 4.78 is 1.95. The van der Waals surface area contributed by atoms with Crippen molar-refractivity contribution in [3.05, 3.63) is 17.7 Å². The van der Waals surface area contributed by atoms with Crippen LogP contribution in [0.5, 0.6) is 0 Å². The van der Waals surface area contributed by atoms with Gasteiger partial charge < -0.3 is 4.57 Å². The lowest BCUT2D eigenvalue weighted by Gasteiger charge is -2.04. The molecule has 1 aromatic rings. The van der Waals surface area contributed by atoms with Crippen LogP contribution in [0.2, 0.25) is 0 Å². The maximum atomic E-state index is 11.0. The second-order valence-corrected chi connectivity index (χ2v) is 3.64. The maximum absolute atomic E-state index is 11.0. The van der Waals surface area contributed by atoms with Crippen LogP contribution in [0.25, 0.3) is 0 Å². The molecule has 2 heterocycles. The van der Waals surface area contributed by atoms with E-state index >= 15 is 0 Å². The third-order valence-electron chi connectivity index (χ3n) is 2.42. The largest absolute Gasteiger partial charge is 0.325 e. The number of fused-ring (bicyclic) bond motifs is 1. The Bertz CT molecular complexity index is 332. The van der Waals surface area contributed by atoms with Crippen molar-refractivity contribution in [2.75, 3.05) is 0 Å². The Kier molecular flexibility index (Phi) is 2.36. The van der Waals surface area contributed by atoms with E-state index in [4.69, 9.17) is 11.6 Å². The zero-order valence-electron chi connectivity index (χ0n) is 7.29. The zero-order valence-corrected chi connectivity index (χ0v) is 8.05. The number of imidazole rings is 1. The van der Waals surface area contributed by atoms with Crippen LogP contribution in [-0.2, 0) is 13.0 Å². The molecule has 0 unspecified atom stereocenters. The fourth-order valence-corrected chi connectivity index (χ4v) is 1.90. The highest BCUT2D eigenvalue weighted by Crippen LogP contribution is 2.16. The predicted octanol–water partition coefficient (Wildman–Crippen LogP) is 1.99. The van der Waals surface area contributed by atoms with Crippen molar-refractivity contribution < 1.29 is 4.79 Å². The molecular formula is C9H11ClN2O. The zero-order chi connectivity index (χ0) is 9.26. The number of carbonyl (C=O) groups is 1. The second-order valence-electron chi connectivity index (χ2n) is 3.30. The molecule has 1 aliphatic rings. The highest BCUT2D eigenvalue weighted by Gasteiger charge is 2.15. The molecule has 1 aromatic heterocycles. The fourth-order valence-electron chi connectivity index (χ4n) is 1.75. The predicted molar refractivity (Wildman–Crippen MR) is 50.0 cm³/mol. The summed E-state index contributed by atoms with van der Waals surface area (Å²) in [6.07, 6.45) is 6.02.